The predicted molar refractivity (Wildman–Crippen MR) is 63.0 cm³/mol. The van der Waals surface area contributed by atoms with Crippen molar-refractivity contribution in [1.29, 1.82) is 0 Å². The fourth-order valence-corrected chi connectivity index (χ4v) is 1.74. The highest BCUT2D eigenvalue weighted by atomic mass is 32.2. The van der Waals surface area contributed by atoms with Crippen LogP contribution in [0.4, 0.5) is 0 Å². The van der Waals surface area contributed by atoms with E-state index >= 15 is 0 Å². The van der Waals surface area contributed by atoms with E-state index < -0.39 is 6.10 Å². The Labute approximate surface area is 95.4 Å². The molecule has 1 atom stereocenters. The molecular weight excluding hydrogens is 214 g/mol. The van der Waals surface area contributed by atoms with Crippen LogP contribution in [0.5, 0.6) is 0 Å². The Kier molecular flexibility index (Phi) is 10.1. The summed E-state index contributed by atoms with van der Waals surface area (Å²) < 4.78 is 0. The first-order valence-corrected chi connectivity index (χ1v) is 6.45. The number of carbonyl (C=O) groups is 1. The fourth-order valence-electron chi connectivity index (χ4n) is 0.960. The van der Waals surface area contributed by atoms with Crippen LogP contribution < -0.4 is 5.32 Å². The number of aliphatic hydroxyl groups excluding tert-OH is 2. The second kappa shape index (κ2) is 10.3. The third-order valence-corrected chi connectivity index (χ3v) is 2.87. The lowest BCUT2D eigenvalue weighted by molar-refractivity contribution is -0.121. The fraction of sp³-hybridized carbons (Fsp3) is 0.900. The Morgan fingerprint density at radius 1 is 1.47 bits per heavy atom. The molecule has 0 radical (unpaired) electrons. The predicted octanol–water partition coefficient (Wildman–Crippen LogP) is 0.379. The second-order valence-electron chi connectivity index (χ2n) is 3.43. The van der Waals surface area contributed by atoms with Gasteiger partial charge in [-0.25, -0.2) is 0 Å². The van der Waals surface area contributed by atoms with Crippen molar-refractivity contribution in [3.63, 3.8) is 0 Å². The highest BCUT2D eigenvalue weighted by Crippen LogP contribution is 2.00. The molecule has 0 saturated heterocycles. The van der Waals surface area contributed by atoms with Gasteiger partial charge in [-0.05, 0) is 25.5 Å². The standard InChI is InChI=1S/C10H21NO3S/c1-9(13)3-4-10(14)11-5-8-15-7-2-6-12/h9,12-13H,2-8H2,1H3,(H,11,14). The zero-order chi connectivity index (χ0) is 11.5. The molecule has 90 valence electrons. The Bertz CT molecular complexity index is 165. The molecule has 0 aliphatic rings. The quantitative estimate of drug-likeness (QED) is 0.505. The minimum absolute atomic E-state index is 0.00124. The van der Waals surface area contributed by atoms with Crippen LogP contribution in [0.3, 0.4) is 0 Å². The summed E-state index contributed by atoms with van der Waals surface area (Å²) in [7, 11) is 0. The number of aliphatic hydroxyl groups is 2. The van der Waals surface area contributed by atoms with Gasteiger partial charge in [0, 0.05) is 25.3 Å². The van der Waals surface area contributed by atoms with Gasteiger partial charge in [0.25, 0.3) is 0 Å². The molecule has 0 saturated carbocycles. The van der Waals surface area contributed by atoms with Crippen molar-refractivity contribution >= 4 is 17.7 Å². The van der Waals surface area contributed by atoms with Crippen molar-refractivity contribution in [2.45, 2.75) is 32.3 Å². The highest BCUT2D eigenvalue weighted by molar-refractivity contribution is 7.99. The molecule has 1 unspecified atom stereocenters. The molecule has 0 aromatic heterocycles. The van der Waals surface area contributed by atoms with Crippen LogP contribution in [-0.2, 0) is 4.79 Å². The van der Waals surface area contributed by atoms with E-state index in [0.29, 0.717) is 19.4 Å². The SMILES string of the molecule is CC(O)CCC(=O)NCCSCCCO. The molecule has 3 N–H and O–H groups in total. The van der Waals surface area contributed by atoms with Crippen LogP contribution >= 0.6 is 11.8 Å². The molecule has 0 spiro atoms. The Morgan fingerprint density at radius 3 is 2.80 bits per heavy atom. The highest BCUT2D eigenvalue weighted by Gasteiger charge is 2.02. The number of rotatable bonds is 9. The monoisotopic (exact) mass is 235 g/mol. The molecule has 5 heteroatoms. The summed E-state index contributed by atoms with van der Waals surface area (Å²) in [6.07, 6.45) is 1.30. The van der Waals surface area contributed by atoms with E-state index in [9.17, 15) is 4.79 Å². The van der Waals surface area contributed by atoms with E-state index in [-0.39, 0.29) is 12.5 Å². The molecule has 0 fully saturated rings. The molecule has 15 heavy (non-hydrogen) atoms. The Hall–Kier alpha value is -0.260. The maximum absolute atomic E-state index is 11.2. The molecule has 0 aliphatic heterocycles. The first kappa shape index (κ1) is 14.7. The number of carbonyl (C=O) groups excluding carboxylic acids is 1. The van der Waals surface area contributed by atoms with Crippen molar-refractivity contribution in [1.82, 2.24) is 5.32 Å². The number of amides is 1. The van der Waals surface area contributed by atoms with E-state index in [2.05, 4.69) is 5.32 Å². The molecule has 0 aromatic rings. The van der Waals surface area contributed by atoms with E-state index in [1.54, 1.807) is 18.7 Å². The van der Waals surface area contributed by atoms with Gasteiger partial charge >= 0.3 is 0 Å². The number of thioether (sulfide) groups is 1. The second-order valence-corrected chi connectivity index (χ2v) is 4.65. The summed E-state index contributed by atoms with van der Waals surface area (Å²) in [5.74, 6) is 1.80. The van der Waals surface area contributed by atoms with Gasteiger partial charge < -0.3 is 15.5 Å². The minimum Gasteiger partial charge on any atom is -0.396 e. The minimum atomic E-state index is -0.408. The summed E-state index contributed by atoms with van der Waals surface area (Å²) >= 11 is 1.72. The number of nitrogens with one attached hydrogen (secondary N) is 1. The first-order valence-electron chi connectivity index (χ1n) is 5.30. The van der Waals surface area contributed by atoms with Gasteiger partial charge in [0.15, 0.2) is 0 Å². The molecule has 0 aromatic carbocycles. The third kappa shape index (κ3) is 11.7. The van der Waals surface area contributed by atoms with Crippen LogP contribution in [0.2, 0.25) is 0 Å². The van der Waals surface area contributed by atoms with Crippen molar-refractivity contribution < 1.29 is 15.0 Å². The first-order chi connectivity index (χ1) is 7.16. The molecule has 1 amide bonds. The van der Waals surface area contributed by atoms with E-state index in [0.717, 1.165) is 17.9 Å². The normalized spacial score (nSPS) is 12.5. The molecule has 0 heterocycles. The van der Waals surface area contributed by atoms with Crippen molar-refractivity contribution in [2.75, 3.05) is 24.7 Å². The largest absolute Gasteiger partial charge is 0.396 e. The van der Waals surface area contributed by atoms with Crippen LogP contribution in [0, 0.1) is 0 Å². The molecule has 4 nitrogen and oxygen atoms in total. The maximum Gasteiger partial charge on any atom is 0.220 e. The van der Waals surface area contributed by atoms with Crippen molar-refractivity contribution in [3.8, 4) is 0 Å². The lowest BCUT2D eigenvalue weighted by Gasteiger charge is -2.06. The molecule has 0 rings (SSSR count). The van der Waals surface area contributed by atoms with Crippen molar-refractivity contribution in [2.24, 2.45) is 0 Å². The van der Waals surface area contributed by atoms with Crippen LogP contribution in [0.1, 0.15) is 26.2 Å². The van der Waals surface area contributed by atoms with E-state index in [1.807, 2.05) is 0 Å². The van der Waals surface area contributed by atoms with Gasteiger partial charge in [-0.3, -0.25) is 4.79 Å². The molecule has 0 bridgehead atoms. The lowest BCUT2D eigenvalue weighted by Crippen LogP contribution is -2.26. The van der Waals surface area contributed by atoms with Gasteiger partial charge in [0.2, 0.25) is 5.91 Å². The molecular formula is C10H21NO3S. The Morgan fingerprint density at radius 2 is 2.20 bits per heavy atom. The van der Waals surface area contributed by atoms with Crippen LogP contribution in [0.25, 0.3) is 0 Å². The summed E-state index contributed by atoms with van der Waals surface area (Å²) in [4.78, 5) is 11.2. The zero-order valence-corrected chi connectivity index (χ0v) is 10.1. The smallest absolute Gasteiger partial charge is 0.220 e. The van der Waals surface area contributed by atoms with E-state index in [1.165, 1.54) is 0 Å². The van der Waals surface area contributed by atoms with E-state index in [4.69, 9.17) is 10.2 Å². The maximum atomic E-state index is 11.2. The summed E-state index contributed by atoms with van der Waals surface area (Å²) in [5.41, 5.74) is 0. The van der Waals surface area contributed by atoms with Gasteiger partial charge in [-0.1, -0.05) is 0 Å². The van der Waals surface area contributed by atoms with Gasteiger partial charge in [-0.2, -0.15) is 11.8 Å². The third-order valence-electron chi connectivity index (χ3n) is 1.80. The topological polar surface area (TPSA) is 69.6 Å². The van der Waals surface area contributed by atoms with Crippen LogP contribution in [-0.4, -0.2) is 46.9 Å². The lowest BCUT2D eigenvalue weighted by atomic mass is 10.2. The zero-order valence-electron chi connectivity index (χ0n) is 9.24. The van der Waals surface area contributed by atoms with Gasteiger partial charge in [0.1, 0.15) is 0 Å². The summed E-state index contributed by atoms with van der Waals surface area (Å²) in [6.45, 7) is 2.57. The van der Waals surface area contributed by atoms with Gasteiger partial charge in [-0.15, -0.1) is 0 Å². The number of hydrogen-bond donors (Lipinski definition) is 3. The average molecular weight is 235 g/mol. The summed E-state index contributed by atoms with van der Waals surface area (Å²) in [5, 5.41) is 20.3. The Balaban J connectivity index is 3.17. The summed E-state index contributed by atoms with van der Waals surface area (Å²) in [6, 6.07) is 0. The average Bonchev–Trinajstić information content (AvgIpc) is 2.20. The molecule has 0 aliphatic carbocycles. The number of hydrogen-bond acceptors (Lipinski definition) is 4. The van der Waals surface area contributed by atoms with Crippen LogP contribution in [0.15, 0.2) is 0 Å². The van der Waals surface area contributed by atoms with Crippen molar-refractivity contribution in [3.05, 3.63) is 0 Å². The van der Waals surface area contributed by atoms with Gasteiger partial charge in [0.05, 0.1) is 6.10 Å².